The predicted octanol–water partition coefficient (Wildman–Crippen LogP) is 1.68. The third-order valence-electron chi connectivity index (χ3n) is 4.01. The Labute approximate surface area is 146 Å². The van der Waals surface area contributed by atoms with Crippen molar-refractivity contribution < 1.29 is 4.79 Å². The first-order chi connectivity index (χ1) is 12.0. The van der Waals surface area contributed by atoms with Gasteiger partial charge in [-0.25, -0.2) is 0 Å². The van der Waals surface area contributed by atoms with E-state index in [4.69, 9.17) is 0 Å². The van der Waals surface area contributed by atoms with Gasteiger partial charge < -0.3 is 5.32 Å². The molecular weight excluding hydrogens is 318 g/mol. The Hall–Kier alpha value is -2.90. The van der Waals surface area contributed by atoms with E-state index >= 15 is 0 Å². The van der Waals surface area contributed by atoms with Crippen molar-refractivity contribution in [2.45, 2.75) is 46.3 Å². The fraction of sp³-hybridized carbons (Fsp3) is 0.412. The standard InChI is InChI=1S/C17H23N7O/c1-12(5-8-23-7-4-6-18-23)19-17(25)16-10-15(20-21-16)11-24-14(3)9-13(2)22-24/h4,6-7,9-10,12H,5,8,11H2,1-3H3,(H,19,25)(H,20,21). The highest BCUT2D eigenvalue weighted by Gasteiger charge is 2.14. The molecule has 8 heteroatoms. The van der Waals surface area contributed by atoms with Crippen LogP contribution in [0.15, 0.2) is 30.6 Å². The van der Waals surface area contributed by atoms with Crippen molar-refractivity contribution in [1.82, 2.24) is 35.1 Å². The van der Waals surface area contributed by atoms with Crippen LogP contribution in [0.4, 0.5) is 0 Å². The highest BCUT2D eigenvalue weighted by molar-refractivity contribution is 5.92. The Morgan fingerprint density at radius 1 is 1.36 bits per heavy atom. The second kappa shape index (κ2) is 7.33. The zero-order valence-electron chi connectivity index (χ0n) is 14.7. The van der Waals surface area contributed by atoms with Crippen LogP contribution >= 0.6 is 0 Å². The largest absolute Gasteiger partial charge is 0.348 e. The number of aryl methyl sites for hydroxylation is 3. The summed E-state index contributed by atoms with van der Waals surface area (Å²) in [6, 6.07) is 5.71. The van der Waals surface area contributed by atoms with Gasteiger partial charge in [0.2, 0.25) is 0 Å². The zero-order valence-corrected chi connectivity index (χ0v) is 14.7. The minimum Gasteiger partial charge on any atom is -0.348 e. The van der Waals surface area contributed by atoms with E-state index < -0.39 is 0 Å². The van der Waals surface area contributed by atoms with Crippen molar-refractivity contribution in [3.05, 3.63) is 53.4 Å². The van der Waals surface area contributed by atoms with E-state index in [0.29, 0.717) is 12.2 Å². The number of carbonyl (C=O) groups excluding carboxylic acids is 1. The number of hydrogen-bond acceptors (Lipinski definition) is 4. The molecule has 132 valence electrons. The lowest BCUT2D eigenvalue weighted by molar-refractivity contribution is 0.0932. The van der Waals surface area contributed by atoms with E-state index in [-0.39, 0.29) is 11.9 Å². The summed E-state index contributed by atoms with van der Waals surface area (Å²) in [6.07, 6.45) is 4.46. The van der Waals surface area contributed by atoms with Gasteiger partial charge in [-0.15, -0.1) is 0 Å². The normalized spacial score (nSPS) is 12.3. The molecule has 1 unspecified atom stereocenters. The van der Waals surface area contributed by atoms with Crippen LogP contribution in [0.5, 0.6) is 0 Å². The molecule has 25 heavy (non-hydrogen) atoms. The van der Waals surface area contributed by atoms with Gasteiger partial charge in [0.1, 0.15) is 5.69 Å². The van der Waals surface area contributed by atoms with Gasteiger partial charge in [-0.3, -0.25) is 19.3 Å². The predicted molar refractivity (Wildman–Crippen MR) is 93.2 cm³/mol. The summed E-state index contributed by atoms with van der Waals surface area (Å²) in [6.45, 7) is 7.27. The molecule has 8 nitrogen and oxygen atoms in total. The lowest BCUT2D eigenvalue weighted by Gasteiger charge is -2.12. The topological polar surface area (TPSA) is 93.4 Å². The molecule has 1 amide bonds. The molecular formula is C17H23N7O. The molecule has 3 aromatic heterocycles. The van der Waals surface area contributed by atoms with Gasteiger partial charge in [0.15, 0.2) is 0 Å². The maximum atomic E-state index is 12.3. The Balaban J connectivity index is 1.54. The van der Waals surface area contributed by atoms with Gasteiger partial charge >= 0.3 is 0 Å². The molecule has 0 radical (unpaired) electrons. The van der Waals surface area contributed by atoms with Gasteiger partial charge in [0, 0.05) is 30.7 Å². The van der Waals surface area contributed by atoms with Crippen LogP contribution in [0.2, 0.25) is 0 Å². The second-order valence-electron chi connectivity index (χ2n) is 6.30. The molecule has 3 aromatic rings. The average molecular weight is 341 g/mol. The van der Waals surface area contributed by atoms with Gasteiger partial charge in [-0.1, -0.05) is 0 Å². The Morgan fingerprint density at radius 2 is 2.20 bits per heavy atom. The smallest absolute Gasteiger partial charge is 0.271 e. The van der Waals surface area contributed by atoms with E-state index in [1.807, 2.05) is 48.5 Å². The number of amides is 1. The second-order valence-corrected chi connectivity index (χ2v) is 6.30. The van der Waals surface area contributed by atoms with Crippen molar-refractivity contribution in [3.63, 3.8) is 0 Å². The number of H-pyrrole nitrogens is 1. The summed E-state index contributed by atoms with van der Waals surface area (Å²) in [5, 5.41) is 18.6. The summed E-state index contributed by atoms with van der Waals surface area (Å²) >= 11 is 0. The number of aromatic amines is 1. The minimum atomic E-state index is -0.177. The first-order valence-electron chi connectivity index (χ1n) is 8.35. The Morgan fingerprint density at radius 3 is 2.88 bits per heavy atom. The summed E-state index contributed by atoms with van der Waals surface area (Å²) in [5.41, 5.74) is 3.29. The van der Waals surface area contributed by atoms with E-state index in [0.717, 1.165) is 30.0 Å². The van der Waals surface area contributed by atoms with Crippen molar-refractivity contribution in [3.8, 4) is 0 Å². The number of nitrogens with zero attached hydrogens (tertiary/aromatic N) is 5. The number of aromatic nitrogens is 6. The summed E-state index contributed by atoms with van der Waals surface area (Å²) < 4.78 is 3.74. The maximum Gasteiger partial charge on any atom is 0.271 e. The molecule has 2 N–H and O–H groups in total. The average Bonchev–Trinajstić information content (AvgIpc) is 3.28. The summed E-state index contributed by atoms with van der Waals surface area (Å²) in [7, 11) is 0. The molecule has 3 heterocycles. The highest BCUT2D eigenvalue weighted by atomic mass is 16.2. The zero-order chi connectivity index (χ0) is 17.8. The van der Waals surface area contributed by atoms with Crippen LogP contribution in [0.3, 0.4) is 0 Å². The molecule has 0 spiro atoms. The molecule has 0 fully saturated rings. The lowest BCUT2D eigenvalue weighted by atomic mass is 10.2. The number of carbonyl (C=O) groups is 1. The summed E-state index contributed by atoms with van der Waals surface area (Å²) in [4.78, 5) is 12.3. The van der Waals surface area contributed by atoms with Crippen LogP contribution < -0.4 is 5.32 Å². The van der Waals surface area contributed by atoms with Gasteiger partial charge in [-0.05, 0) is 45.4 Å². The Bertz CT molecular complexity index is 831. The van der Waals surface area contributed by atoms with E-state index in [9.17, 15) is 4.79 Å². The number of rotatable bonds is 7. The van der Waals surface area contributed by atoms with Gasteiger partial charge in [0.25, 0.3) is 5.91 Å². The van der Waals surface area contributed by atoms with E-state index in [2.05, 4.69) is 25.7 Å². The van der Waals surface area contributed by atoms with Crippen LogP contribution in [-0.4, -0.2) is 41.7 Å². The number of nitrogens with one attached hydrogen (secondary N) is 2. The van der Waals surface area contributed by atoms with E-state index in [1.165, 1.54) is 0 Å². The fourth-order valence-corrected chi connectivity index (χ4v) is 2.68. The van der Waals surface area contributed by atoms with Crippen molar-refractivity contribution in [1.29, 1.82) is 0 Å². The van der Waals surface area contributed by atoms with Crippen molar-refractivity contribution in [2.75, 3.05) is 0 Å². The molecule has 0 saturated carbocycles. The van der Waals surface area contributed by atoms with Crippen LogP contribution in [-0.2, 0) is 13.1 Å². The quantitative estimate of drug-likeness (QED) is 0.684. The van der Waals surface area contributed by atoms with Gasteiger partial charge in [0.05, 0.1) is 17.9 Å². The molecule has 0 bridgehead atoms. The monoisotopic (exact) mass is 341 g/mol. The minimum absolute atomic E-state index is 0.0351. The molecule has 0 aliphatic carbocycles. The number of hydrogen-bond donors (Lipinski definition) is 2. The molecule has 0 saturated heterocycles. The lowest BCUT2D eigenvalue weighted by Crippen LogP contribution is -2.33. The maximum absolute atomic E-state index is 12.3. The molecule has 0 aromatic carbocycles. The molecule has 1 atom stereocenters. The van der Waals surface area contributed by atoms with Crippen LogP contribution in [0.25, 0.3) is 0 Å². The highest BCUT2D eigenvalue weighted by Crippen LogP contribution is 2.07. The summed E-state index contributed by atoms with van der Waals surface area (Å²) in [5.74, 6) is -0.177. The third kappa shape index (κ3) is 4.34. The molecule has 3 rings (SSSR count). The third-order valence-corrected chi connectivity index (χ3v) is 4.01. The molecule has 0 aliphatic rings. The van der Waals surface area contributed by atoms with E-state index in [1.54, 1.807) is 12.3 Å². The first-order valence-corrected chi connectivity index (χ1v) is 8.35. The van der Waals surface area contributed by atoms with Crippen molar-refractivity contribution >= 4 is 5.91 Å². The SMILES string of the molecule is Cc1cc(C)n(Cc2cc(C(=O)NC(C)CCn3cccn3)n[nH]2)n1. The van der Waals surface area contributed by atoms with Crippen LogP contribution in [0.1, 0.15) is 40.9 Å². The first kappa shape index (κ1) is 16.9. The van der Waals surface area contributed by atoms with Crippen LogP contribution in [0, 0.1) is 13.8 Å². The van der Waals surface area contributed by atoms with Gasteiger partial charge in [-0.2, -0.15) is 15.3 Å². The Kier molecular flexibility index (Phi) is 4.97. The van der Waals surface area contributed by atoms with Crippen molar-refractivity contribution in [2.24, 2.45) is 0 Å². The molecule has 0 aliphatic heterocycles. The fourth-order valence-electron chi connectivity index (χ4n) is 2.68.